The standard InChI is InChI=1S/C20H28N2O2/c1-2-12-22-18-10-8-16(14-20(23)24)13-17(18)21-19(22)11-9-15-6-4-3-5-7-15/h8,10,13,15H,2-7,9,11-12,14H2,1H3,(H,23,24). The maximum absolute atomic E-state index is 10.9. The van der Waals surface area contributed by atoms with Crippen LogP contribution in [0, 0.1) is 5.92 Å². The number of fused-ring (bicyclic) bond motifs is 1. The molecule has 24 heavy (non-hydrogen) atoms. The van der Waals surface area contributed by atoms with Gasteiger partial charge >= 0.3 is 5.97 Å². The number of nitrogens with zero attached hydrogens (tertiary/aromatic N) is 2. The van der Waals surface area contributed by atoms with E-state index in [1.807, 2.05) is 18.2 Å². The minimum Gasteiger partial charge on any atom is -0.481 e. The molecule has 1 aromatic carbocycles. The molecule has 130 valence electrons. The van der Waals surface area contributed by atoms with Crippen molar-refractivity contribution in [3.8, 4) is 0 Å². The van der Waals surface area contributed by atoms with Crippen LogP contribution in [0.1, 0.15) is 63.3 Å². The van der Waals surface area contributed by atoms with Gasteiger partial charge in [0.05, 0.1) is 17.5 Å². The number of carbonyl (C=O) groups is 1. The Balaban J connectivity index is 1.81. The second-order valence-corrected chi connectivity index (χ2v) is 7.12. The minimum atomic E-state index is -0.792. The van der Waals surface area contributed by atoms with Crippen LogP contribution >= 0.6 is 0 Å². The number of carboxylic acids is 1. The van der Waals surface area contributed by atoms with Crippen LogP contribution in [-0.4, -0.2) is 20.6 Å². The average Bonchev–Trinajstić information content (AvgIpc) is 2.91. The highest BCUT2D eigenvalue weighted by Gasteiger charge is 2.16. The Kier molecular flexibility index (Phi) is 5.54. The van der Waals surface area contributed by atoms with Crippen molar-refractivity contribution in [1.82, 2.24) is 9.55 Å². The monoisotopic (exact) mass is 328 g/mol. The van der Waals surface area contributed by atoms with Gasteiger partial charge in [-0.25, -0.2) is 4.98 Å². The van der Waals surface area contributed by atoms with E-state index in [-0.39, 0.29) is 6.42 Å². The third-order valence-electron chi connectivity index (χ3n) is 5.20. The lowest BCUT2D eigenvalue weighted by atomic mass is 9.86. The largest absolute Gasteiger partial charge is 0.481 e. The molecule has 1 fully saturated rings. The van der Waals surface area contributed by atoms with Gasteiger partial charge in [-0.1, -0.05) is 45.1 Å². The highest BCUT2D eigenvalue weighted by atomic mass is 16.4. The van der Waals surface area contributed by atoms with Gasteiger partial charge in [0.2, 0.25) is 0 Å². The zero-order valence-electron chi connectivity index (χ0n) is 14.6. The number of hydrogen-bond acceptors (Lipinski definition) is 2. The SMILES string of the molecule is CCCn1c(CCC2CCCCC2)nc2cc(CC(=O)O)ccc21. The van der Waals surface area contributed by atoms with E-state index in [9.17, 15) is 4.79 Å². The fourth-order valence-corrected chi connectivity index (χ4v) is 3.98. The maximum Gasteiger partial charge on any atom is 0.307 e. The first kappa shape index (κ1) is 17.0. The third kappa shape index (κ3) is 3.97. The van der Waals surface area contributed by atoms with Gasteiger partial charge in [-0.15, -0.1) is 0 Å². The van der Waals surface area contributed by atoms with Gasteiger partial charge in [-0.2, -0.15) is 0 Å². The van der Waals surface area contributed by atoms with Crippen LogP contribution < -0.4 is 0 Å². The van der Waals surface area contributed by atoms with Gasteiger partial charge in [0, 0.05) is 13.0 Å². The fourth-order valence-electron chi connectivity index (χ4n) is 3.98. The molecule has 3 rings (SSSR count). The van der Waals surface area contributed by atoms with Gasteiger partial charge < -0.3 is 9.67 Å². The quantitative estimate of drug-likeness (QED) is 0.809. The molecule has 1 saturated carbocycles. The molecule has 1 aliphatic rings. The molecular formula is C20H28N2O2. The predicted octanol–water partition coefficient (Wildman–Crippen LogP) is 4.59. The Morgan fingerprint density at radius 1 is 1.29 bits per heavy atom. The molecule has 0 saturated heterocycles. The van der Waals surface area contributed by atoms with Gasteiger partial charge in [0.15, 0.2) is 0 Å². The van der Waals surface area contributed by atoms with E-state index in [1.165, 1.54) is 44.3 Å². The van der Waals surface area contributed by atoms with Crippen LogP contribution in [0.15, 0.2) is 18.2 Å². The van der Waals surface area contributed by atoms with Crippen molar-refractivity contribution in [2.75, 3.05) is 0 Å². The van der Waals surface area contributed by atoms with Gasteiger partial charge in [-0.05, 0) is 36.5 Å². The van der Waals surface area contributed by atoms with Crippen LogP contribution in [-0.2, 0) is 24.2 Å². The molecule has 1 N–H and O–H groups in total. The lowest BCUT2D eigenvalue weighted by molar-refractivity contribution is -0.136. The van der Waals surface area contributed by atoms with Crippen LogP contribution in [0.2, 0.25) is 0 Å². The number of aryl methyl sites for hydroxylation is 2. The Labute approximate surface area is 143 Å². The van der Waals surface area contributed by atoms with E-state index in [1.54, 1.807) is 0 Å². The molecule has 2 aromatic rings. The van der Waals surface area contributed by atoms with Gasteiger partial charge in [0.25, 0.3) is 0 Å². The zero-order chi connectivity index (χ0) is 16.9. The molecule has 0 aliphatic heterocycles. The molecule has 0 unspecified atom stereocenters. The summed E-state index contributed by atoms with van der Waals surface area (Å²) in [5.41, 5.74) is 2.92. The third-order valence-corrected chi connectivity index (χ3v) is 5.20. The Morgan fingerprint density at radius 3 is 2.79 bits per heavy atom. The van der Waals surface area contributed by atoms with E-state index in [0.717, 1.165) is 41.9 Å². The molecule has 0 atom stereocenters. The smallest absolute Gasteiger partial charge is 0.307 e. The highest BCUT2D eigenvalue weighted by molar-refractivity contribution is 5.79. The number of imidazole rings is 1. The lowest BCUT2D eigenvalue weighted by Crippen LogP contribution is -2.10. The van der Waals surface area contributed by atoms with Crippen molar-refractivity contribution in [2.24, 2.45) is 5.92 Å². The molecular weight excluding hydrogens is 300 g/mol. The van der Waals surface area contributed by atoms with E-state index >= 15 is 0 Å². The molecule has 1 aliphatic carbocycles. The van der Waals surface area contributed by atoms with Crippen molar-refractivity contribution < 1.29 is 9.90 Å². The first-order valence-electron chi connectivity index (χ1n) is 9.37. The predicted molar refractivity (Wildman–Crippen MR) is 96.3 cm³/mol. The normalized spacial score (nSPS) is 15.9. The summed E-state index contributed by atoms with van der Waals surface area (Å²) in [6, 6.07) is 5.91. The molecule has 0 amide bonds. The summed E-state index contributed by atoms with van der Waals surface area (Å²) in [5.74, 6) is 1.24. The molecule has 4 heteroatoms. The number of aromatic nitrogens is 2. The summed E-state index contributed by atoms with van der Waals surface area (Å²) in [6.45, 7) is 3.17. The summed E-state index contributed by atoms with van der Waals surface area (Å²) >= 11 is 0. The first-order chi connectivity index (χ1) is 11.7. The van der Waals surface area contributed by atoms with Gasteiger partial charge in [-0.3, -0.25) is 4.79 Å². The molecule has 1 aromatic heterocycles. The van der Waals surface area contributed by atoms with Crippen molar-refractivity contribution in [1.29, 1.82) is 0 Å². The molecule has 0 bridgehead atoms. The molecule has 1 heterocycles. The maximum atomic E-state index is 10.9. The van der Waals surface area contributed by atoms with Crippen LogP contribution in [0.5, 0.6) is 0 Å². The van der Waals surface area contributed by atoms with Crippen LogP contribution in [0.4, 0.5) is 0 Å². The summed E-state index contributed by atoms with van der Waals surface area (Å²) in [4.78, 5) is 15.8. The Morgan fingerprint density at radius 2 is 2.08 bits per heavy atom. The molecule has 0 spiro atoms. The van der Waals surface area contributed by atoms with Gasteiger partial charge in [0.1, 0.15) is 5.82 Å². The number of carboxylic acid groups (broad SMARTS) is 1. The van der Waals surface area contributed by atoms with E-state index in [4.69, 9.17) is 10.1 Å². The molecule has 4 nitrogen and oxygen atoms in total. The van der Waals surface area contributed by atoms with Crippen molar-refractivity contribution in [2.45, 2.75) is 71.3 Å². The Hall–Kier alpha value is -1.84. The van der Waals surface area contributed by atoms with E-state index < -0.39 is 5.97 Å². The van der Waals surface area contributed by atoms with Crippen molar-refractivity contribution in [3.63, 3.8) is 0 Å². The van der Waals surface area contributed by atoms with Crippen LogP contribution in [0.3, 0.4) is 0 Å². The summed E-state index contributed by atoms with van der Waals surface area (Å²) < 4.78 is 2.34. The number of hydrogen-bond donors (Lipinski definition) is 1. The van der Waals surface area contributed by atoms with Crippen molar-refractivity contribution >= 4 is 17.0 Å². The lowest BCUT2D eigenvalue weighted by Gasteiger charge is -2.21. The number of benzene rings is 1. The number of rotatable bonds is 7. The second kappa shape index (κ2) is 7.82. The Bertz CT molecular complexity index is 699. The first-order valence-corrected chi connectivity index (χ1v) is 9.37. The highest BCUT2D eigenvalue weighted by Crippen LogP contribution is 2.28. The average molecular weight is 328 g/mol. The van der Waals surface area contributed by atoms with Crippen molar-refractivity contribution in [3.05, 3.63) is 29.6 Å². The minimum absolute atomic E-state index is 0.0635. The van der Waals surface area contributed by atoms with Crippen LogP contribution in [0.25, 0.3) is 11.0 Å². The molecule has 0 radical (unpaired) electrons. The summed E-state index contributed by atoms with van der Waals surface area (Å²) in [6.07, 6.45) is 10.3. The van der Waals surface area contributed by atoms with E-state index in [0.29, 0.717) is 0 Å². The topological polar surface area (TPSA) is 55.1 Å². The summed E-state index contributed by atoms with van der Waals surface area (Å²) in [5, 5.41) is 8.99. The zero-order valence-corrected chi connectivity index (χ0v) is 14.6. The number of aliphatic carboxylic acids is 1. The van der Waals surface area contributed by atoms with E-state index in [2.05, 4.69) is 11.5 Å². The summed E-state index contributed by atoms with van der Waals surface area (Å²) in [7, 11) is 0. The second-order valence-electron chi connectivity index (χ2n) is 7.12. The fraction of sp³-hybridized carbons (Fsp3) is 0.600.